The van der Waals surface area contributed by atoms with Crippen molar-refractivity contribution in [2.75, 3.05) is 53.0 Å². The predicted octanol–water partition coefficient (Wildman–Crippen LogP) is 0.492. The molecule has 0 aromatic heterocycles. The minimum atomic E-state index is -0.259. The fourth-order valence-electron chi connectivity index (χ4n) is 3.33. The highest BCUT2D eigenvalue weighted by atomic mass is 16.5. The number of ether oxygens (including phenoxy) is 2. The van der Waals surface area contributed by atoms with Crippen LogP contribution in [0.3, 0.4) is 0 Å². The number of nitrogens with one attached hydrogen (secondary N) is 1. The highest BCUT2D eigenvalue weighted by Crippen LogP contribution is 2.18. The Hall–Kier alpha value is -2.12. The van der Waals surface area contributed by atoms with E-state index in [1.807, 2.05) is 29.2 Å². The number of hydrogen-bond donors (Lipinski definition) is 1. The van der Waals surface area contributed by atoms with Gasteiger partial charge in [0.2, 0.25) is 11.8 Å². The number of likely N-dealkylation sites (tertiary alicyclic amines) is 1. The molecule has 1 atom stereocenters. The van der Waals surface area contributed by atoms with Gasteiger partial charge in [-0.15, -0.1) is 0 Å². The minimum absolute atomic E-state index is 0.0527. The quantitative estimate of drug-likeness (QED) is 0.765. The largest absolute Gasteiger partial charge is 0.497 e. The van der Waals surface area contributed by atoms with Gasteiger partial charge in [-0.3, -0.25) is 14.5 Å². The van der Waals surface area contributed by atoms with Crippen molar-refractivity contribution in [1.29, 1.82) is 0 Å². The first-order valence-corrected chi connectivity index (χ1v) is 9.14. The van der Waals surface area contributed by atoms with Crippen molar-refractivity contribution < 1.29 is 19.1 Å². The van der Waals surface area contributed by atoms with Crippen LogP contribution in [0.25, 0.3) is 0 Å². The topological polar surface area (TPSA) is 71.1 Å². The summed E-state index contributed by atoms with van der Waals surface area (Å²) in [4.78, 5) is 28.7. The van der Waals surface area contributed by atoms with Gasteiger partial charge in [-0.25, -0.2) is 0 Å². The van der Waals surface area contributed by atoms with Crippen LogP contribution in [0.4, 0.5) is 0 Å². The van der Waals surface area contributed by atoms with Crippen LogP contribution in [0.15, 0.2) is 24.3 Å². The van der Waals surface area contributed by atoms with Crippen molar-refractivity contribution in [2.24, 2.45) is 5.92 Å². The number of hydrogen-bond acceptors (Lipinski definition) is 5. The summed E-state index contributed by atoms with van der Waals surface area (Å²) in [5.41, 5.74) is 1.01. The first-order chi connectivity index (χ1) is 12.7. The zero-order valence-corrected chi connectivity index (χ0v) is 15.3. The summed E-state index contributed by atoms with van der Waals surface area (Å²) < 4.78 is 10.5. The van der Waals surface area contributed by atoms with Gasteiger partial charge >= 0.3 is 0 Å². The third kappa shape index (κ3) is 4.95. The SMILES string of the molecule is COc1ccc(CNC(=O)C2CC(=O)N(CCN3CCOCC3)C2)cc1. The Labute approximate surface area is 154 Å². The summed E-state index contributed by atoms with van der Waals surface area (Å²) in [6.07, 6.45) is 0.303. The molecule has 0 saturated carbocycles. The Balaban J connectivity index is 1.42. The summed E-state index contributed by atoms with van der Waals surface area (Å²) in [5, 5.41) is 2.94. The normalized spacial score (nSPS) is 21.0. The maximum atomic E-state index is 12.4. The lowest BCUT2D eigenvalue weighted by Crippen LogP contribution is -2.42. The molecule has 2 saturated heterocycles. The van der Waals surface area contributed by atoms with E-state index >= 15 is 0 Å². The Bertz CT molecular complexity index is 614. The van der Waals surface area contributed by atoms with E-state index in [0.717, 1.165) is 44.2 Å². The van der Waals surface area contributed by atoms with E-state index in [1.165, 1.54) is 0 Å². The molecule has 26 heavy (non-hydrogen) atoms. The van der Waals surface area contributed by atoms with Crippen molar-refractivity contribution >= 4 is 11.8 Å². The van der Waals surface area contributed by atoms with E-state index in [2.05, 4.69) is 10.2 Å². The molecule has 1 N–H and O–H groups in total. The molecule has 2 heterocycles. The van der Waals surface area contributed by atoms with Gasteiger partial charge in [0.15, 0.2) is 0 Å². The molecule has 7 heteroatoms. The molecule has 2 aliphatic rings. The van der Waals surface area contributed by atoms with Crippen molar-refractivity contribution in [1.82, 2.24) is 15.1 Å². The van der Waals surface area contributed by atoms with Gasteiger partial charge in [-0.1, -0.05) is 12.1 Å². The van der Waals surface area contributed by atoms with E-state index in [1.54, 1.807) is 7.11 Å². The van der Waals surface area contributed by atoms with E-state index in [9.17, 15) is 9.59 Å². The summed E-state index contributed by atoms with van der Waals surface area (Å²) >= 11 is 0. The molecule has 0 aliphatic carbocycles. The van der Waals surface area contributed by atoms with E-state index < -0.39 is 0 Å². The lowest BCUT2D eigenvalue weighted by Gasteiger charge is -2.28. The summed E-state index contributed by atoms with van der Waals surface area (Å²) in [5.74, 6) is 0.550. The van der Waals surface area contributed by atoms with Crippen LogP contribution in [-0.2, 0) is 20.9 Å². The van der Waals surface area contributed by atoms with Crippen LogP contribution < -0.4 is 10.1 Å². The molecule has 2 aliphatic heterocycles. The zero-order chi connectivity index (χ0) is 18.4. The predicted molar refractivity (Wildman–Crippen MR) is 96.8 cm³/mol. The second-order valence-electron chi connectivity index (χ2n) is 6.76. The number of nitrogens with zero attached hydrogens (tertiary/aromatic N) is 2. The monoisotopic (exact) mass is 361 g/mol. The average molecular weight is 361 g/mol. The zero-order valence-electron chi connectivity index (χ0n) is 15.3. The molecular formula is C19H27N3O4. The molecule has 3 rings (SSSR count). The molecule has 0 spiro atoms. The summed E-state index contributed by atoms with van der Waals surface area (Å²) in [7, 11) is 1.62. The highest BCUT2D eigenvalue weighted by Gasteiger charge is 2.34. The van der Waals surface area contributed by atoms with E-state index in [-0.39, 0.29) is 17.7 Å². The molecule has 0 bridgehead atoms. The third-order valence-electron chi connectivity index (χ3n) is 5.00. The lowest BCUT2D eigenvalue weighted by atomic mass is 10.1. The van der Waals surface area contributed by atoms with Crippen molar-refractivity contribution in [2.45, 2.75) is 13.0 Å². The van der Waals surface area contributed by atoms with Gasteiger partial charge in [0, 0.05) is 45.7 Å². The summed E-state index contributed by atoms with van der Waals surface area (Å²) in [6.45, 7) is 5.82. The van der Waals surface area contributed by atoms with Gasteiger partial charge < -0.3 is 19.7 Å². The molecule has 2 amide bonds. The molecule has 7 nitrogen and oxygen atoms in total. The number of carbonyl (C=O) groups is 2. The Morgan fingerprint density at radius 2 is 1.96 bits per heavy atom. The maximum absolute atomic E-state index is 12.4. The number of rotatable bonds is 7. The smallest absolute Gasteiger partial charge is 0.225 e. The Kier molecular flexibility index (Phi) is 6.46. The maximum Gasteiger partial charge on any atom is 0.225 e. The van der Waals surface area contributed by atoms with E-state index in [0.29, 0.717) is 26.1 Å². The number of benzene rings is 1. The first kappa shape index (κ1) is 18.7. The standard InChI is InChI=1S/C19H27N3O4/c1-25-17-4-2-15(3-5-17)13-20-19(24)16-12-18(23)22(14-16)7-6-21-8-10-26-11-9-21/h2-5,16H,6-14H2,1H3,(H,20,24). The van der Waals surface area contributed by atoms with Crippen molar-refractivity contribution in [3.05, 3.63) is 29.8 Å². The van der Waals surface area contributed by atoms with Crippen LogP contribution in [0.1, 0.15) is 12.0 Å². The third-order valence-corrected chi connectivity index (χ3v) is 5.00. The highest BCUT2D eigenvalue weighted by molar-refractivity contribution is 5.89. The van der Waals surface area contributed by atoms with E-state index in [4.69, 9.17) is 9.47 Å². The second-order valence-corrected chi connectivity index (χ2v) is 6.76. The van der Waals surface area contributed by atoms with Gasteiger partial charge in [-0.05, 0) is 17.7 Å². The van der Waals surface area contributed by atoms with Gasteiger partial charge in [0.05, 0.1) is 26.2 Å². The van der Waals surface area contributed by atoms with Crippen LogP contribution >= 0.6 is 0 Å². The molecular weight excluding hydrogens is 334 g/mol. The Morgan fingerprint density at radius 3 is 2.65 bits per heavy atom. The molecule has 0 radical (unpaired) electrons. The van der Waals surface area contributed by atoms with Crippen molar-refractivity contribution in [3.63, 3.8) is 0 Å². The number of carbonyl (C=O) groups excluding carboxylic acids is 2. The van der Waals surface area contributed by atoms with Crippen LogP contribution in [0.5, 0.6) is 5.75 Å². The molecule has 1 aromatic rings. The van der Waals surface area contributed by atoms with Crippen LogP contribution in [-0.4, -0.2) is 74.7 Å². The fraction of sp³-hybridized carbons (Fsp3) is 0.579. The fourth-order valence-corrected chi connectivity index (χ4v) is 3.33. The molecule has 142 valence electrons. The van der Waals surface area contributed by atoms with Crippen LogP contribution in [0, 0.1) is 5.92 Å². The molecule has 1 aromatic carbocycles. The van der Waals surface area contributed by atoms with Gasteiger partial charge in [0.25, 0.3) is 0 Å². The minimum Gasteiger partial charge on any atom is -0.497 e. The first-order valence-electron chi connectivity index (χ1n) is 9.14. The number of morpholine rings is 1. The van der Waals surface area contributed by atoms with Gasteiger partial charge in [0.1, 0.15) is 5.75 Å². The molecule has 2 fully saturated rings. The van der Waals surface area contributed by atoms with Gasteiger partial charge in [-0.2, -0.15) is 0 Å². The summed E-state index contributed by atoms with van der Waals surface area (Å²) in [6, 6.07) is 7.59. The number of methoxy groups -OCH3 is 1. The number of amides is 2. The Morgan fingerprint density at radius 1 is 1.23 bits per heavy atom. The van der Waals surface area contributed by atoms with Crippen molar-refractivity contribution in [3.8, 4) is 5.75 Å². The lowest BCUT2D eigenvalue weighted by molar-refractivity contribution is -0.129. The second kappa shape index (κ2) is 9.00. The molecule has 1 unspecified atom stereocenters. The average Bonchev–Trinajstić information content (AvgIpc) is 3.06. The van der Waals surface area contributed by atoms with Crippen LogP contribution in [0.2, 0.25) is 0 Å².